The molecule has 0 amide bonds. The molecule has 3 N–H and O–H groups in total. The Morgan fingerprint density at radius 2 is 2.22 bits per heavy atom. The van der Waals surface area contributed by atoms with Crippen molar-refractivity contribution in [2.24, 2.45) is 0 Å². The Kier molecular flexibility index (Phi) is 3.83. The van der Waals surface area contributed by atoms with Crippen LogP contribution in [0.3, 0.4) is 0 Å². The molecule has 9 nitrogen and oxygen atoms in total. The Hall–Kier alpha value is -3.10. The summed E-state index contributed by atoms with van der Waals surface area (Å²) in [6.07, 6.45) is -0.00728. The molecular weight excluding hydrogens is 302 g/mol. The molecular formula is C14H15N5O4. The highest BCUT2D eigenvalue weighted by molar-refractivity contribution is 5.94. The molecule has 23 heavy (non-hydrogen) atoms. The number of carbonyl (C=O) groups excluding carboxylic acids is 1. The van der Waals surface area contributed by atoms with E-state index >= 15 is 0 Å². The van der Waals surface area contributed by atoms with E-state index in [1.807, 2.05) is 0 Å². The number of hydrogen-bond donors (Lipinski definition) is 3. The van der Waals surface area contributed by atoms with Gasteiger partial charge in [-0.3, -0.25) is 9.89 Å². The van der Waals surface area contributed by atoms with Gasteiger partial charge in [0.25, 0.3) is 5.78 Å². The highest BCUT2D eigenvalue weighted by Crippen LogP contribution is 2.18. The van der Waals surface area contributed by atoms with Crippen molar-refractivity contribution in [2.75, 3.05) is 18.5 Å². The number of aromatic amines is 1. The van der Waals surface area contributed by atoms with Gasteiger partial charge in [0.1, 0.15) is 0 Å². The van der Waals surface area contributed by atoms with E-state index in [9.17, 15) is 9.59 Å². The average molecular weight is 317 g/mol. The molecule has 2 heterocycles. The summed E-state index contributed by atoms with van der Waals surface area (Å²) in [5, 5.41) is 14.5. The Morgan fingerprint density at radius 3 is 2.96 bits per heavy atom. The summed E-state index contributed by atoms with van der Waals surface area (Å²) in [6.45, 7) is 2.32. The summed E-state index contributed by atoms with van der Waals surface area (Å²) in [5.41, 5.74) is 1.80. The van der Waals surface area contributed by atoms with Crippen LogP contribution in [0.2, 0.25) is 0 Å². The Bertz CT molecular complexity index is 882. The smallest absolute Gasteiger partial charge is 0.338 e. The molecule has 0 aliphatic carbocycles. The molecule has 0 fully saturated rings. The van der Waals surface area contributed by atoms with E-state index in [-0.39, 0.29) is 13.0 Å². The van der Waals surface area contributed by atoms with Crippen LogP contribution in [0.5, 0.6) is 0 Å². The summed E-state index contributed by atoms with van der Waals surface area (Å²) >= 11 is 0. The van der Waals surface area contributed by atoms with Crippen LogP contribution in [0, 0.1) is 0 Å². The first kappa shape index (κ1) is 14.8. The number of aromatic nitrogens is 4. The predicted molar refractivity (Wildman–Crippen MR) is 81.5 cm³/mol. The third kappa shape index (κ3) is 2.93. The summed E-state index contributed by atoms with van der Waals surface area (Å²) in [4.78, 5) is 30.8. The number of carboxylic acid groups (broad SMARTS) is 1. The number of ether oxygens (including phenoxy) is 1. The van der Waals surface area contributed by atoms with Crippen molar-refractivity contribution >= 4 is 34.7 Å². The molecule has 0 unspecified atom stereocenters. The second kappa shape index (κ2) is 5.95. The van der Waals surface area contributed by atoms with E-state index in [1.54, 1.807) is 29.6 Å². The van der Waals surface area contributed by atoms with Gasteiger partial charge in [0.05, 0.1) is 29.6 Å². The molecule has 0 aliphatic heterocycles. The van der Waals surface area contributed by atoms with Gasteiger partial charge in [0.2, 0.25) is 5.95 Å². The highest BCUT2D eigenvalue weighted by Gasteiger charge is 2.13. The Balaban J connectivity index is 1.87. The molecule has 2 aromatic heterocycles. The standard InChI is InChI=1S/C14H15N5O4/c1-2-23-12(22)8-3-4-10-9(7-8)16-14-17-13(18-19(10)14)15-6-5-11(20)21/h3-4,7H,2,5-6H2,1H3,(H,20,21)(H2,15,16,17,18). The number of nitrogens with one attached hydrogen (secondary N) is 2. The topological polar surface area (TPSA) is 122 Å². The molecule has 0 aliphatic rings. The largest absolute Gasteiger partial charge is 0.481 e. The van der Waals surface area contributed by atoms with E-state index in [0.717, 1.165) is 5.52 Å². The zero-order valence-corrected chi connectivity index (χ0v) is 12.4. The van der Waals surface area contributed by atoms with Crippen molar-refractivity contribution in [3.05, 3.63) is 23.8 Å². The van der Waals surface area contributed by atoms with Crippen LogP contribution in [0.15, 0.2) is 18.2 Å². The third-order valence-electron chi connectivity index (χ3n) is 3.21. The maximum atomic E-state index is 11.7. The summed E-state index contributed by atoms with van der Waals surface area (Å²) < 4.78 is 6.62. The molecule has 1 aromatic carbocycles. The number of imidazole rings is 1. The second-order valence-corrected chi connectivity index (χ2v) is 4.81. The van der Waals surface area contributed by atoms with Gasteiger partial charge in [-0.1, -0.05) is 0 Å². The first-order chi connectivity index (χ1) is 11.1. The molecule has 3 aromatic rings. The molecule has 0 spiro atoms. The van der Waals surface area contributed by atoms with Gasteiger partial charge in [-0.2, -0.15) is 4.98 Å². The average Bonchev–Trinajstić information content (AvgIpc) is 3.03. The van der Waals surface area contributed by atoms with Gasteiger partial charge in [-0.25, -0.2) is 14.3 Å². The maximum absolute atomic E-state index is 11.7. The summed E-state index contributed by atoms with van der Waals surface area (Å²) in [5.74, 6) is -0.412. The van der Waals surface area contributed by atoms with Crippen molar-refractivity contribution in [3.63, 3.8) is 0 Å². The summed E-state index contributed by atoms with van der Waals surface area (Å²) in [6, 6.07) is 5.06. The molecule has 0 bridgehead atoms. The lowest BCUT2D eigenvalue weighted by Crippen LogP contribution is -2.08. The lowest BCUT2D eigenvalue weighted by Gasteiger charge is -2.01. The van der Waals surface area contributed by atoms with Crippen molar-refractivity contribution in [1.29, 1.82) is 0 Å². The van der Waals surface area contributed by atoms with Crippen molar-refractivity contribution < 1.29 is 19.4 Å². The molecule has 9 heteroatoms. The van der Waals surface area contributed by atoms with E-state index in [4.69, 9.17) is 9.84 Å². The fraction of sp³-hybridized carbons (Fsp3) is 0.286. The van der Waals surface area contributed by atoms with Crippen LogP contribution in [-0.4, -0.2) is 49.8 Å². The minimum atomic E-state index is -0.884. The van der Waals surface area contributed by atoms with Gasteiger partial charge in [-0.15, -0.1) is 0 Å². The zero-order valence-electron chi connectivity index (χ0n) is 12.4. The van der Waals surface area contributed by atoms with Gasteiger partial charge < -0.3 is 15.2 Å². The van der Waals surface area contributed by atoms with Crippen LogP contribution in [0.4, 0.5) is 5.95 Å². The van der Waals surface area contributed by atoms with Gasteiger partial charge in [0.15, 0.2) is 0 Å². The zero-order chi connectivity index (χ0) is 16.4. The first-order valence-corrected chi connectivity index (χ1v) is 7.09. The number of rotatable bonds is 6. The second-order valence-electron chi connectivity index (χ2n) is 4.81. The SMILES string of the molecule is CCOC(=O)c1ccc2c(c1)nc1nc(NCCC(=O)O)[nH]n12. The fourth-order valence-corrected chi connectivity index (χ4v) is 2.19. The number of anilines is 1. The molecule has 0 atom stereocenters. The highest BCUT2D eigenvalue weighted by atomic mass is 16.5. The van der Waals surface area contributed by atoms with Crippen molar-refractivity contribution in [3.8, 4) is 0 Å². The lowest BCUT2D eigenvalue weighted by molar-refractivity contribution is -0.136. The van der Waals surface area contributed by atoms with Crippen LogP contribution in [0.1, 0.15) is 23.7 Å². The van der Waals surface area contributed by atoms with Gasteiger partial charge in [-0.05, 0) is 25.1 Å². The van der Waals surface area contributed by atoms with E-state index in [1.165, 1.54) is 0 Å². The van der Waals surface area contributed by atoms with Crippen LogP contribution >= 0.6 is 0 Å². The molecule has 3 rings (SSSR count). The Labute approximate surface area is 130 Å². The lowest BCUT2D eigenvalue weighted by atomic mass is 10.2. The van der Waals surface area contributed by atoms with Gasteiger partial charge >= 0.3 is 11.9 Å². The molecule has 0 saturated heterocycles. The monoisotopic (exact) mass is 317 g/mol. The molecule has 120 valence electrons. The predicted octanol–water partition coefficient (Wildman–Crippen LogP) is 1.27. The van der Waals surface area contributed by atoms with Gasteiger partial charge in [0, 0.05) is 6.54 Å². The van der Waals surface area contributed by atoms with E-state index < -0.39 is 11.9 Å². The number of H-pyrrole nitrogens is 1. The van der Waals surface area contributed by atoms with E-state index in [0.29, 0.717) is 29.4 Å². The Morgan fingerprint density at radius 1 is 1.39 bits per heavy atom. The number of hydrogen-bond acceptors (Lipinski definition) is 6. The number of carbonyl (C=O) groups is 2. The molecule has 0 radical (unpaired) electrons. The first-order valence-electron chi connectivity index (χ1n) is 7.09. The number of carboxylic acids is 1. The quantitative estimate of drug-likeness (QED) is 0.585. The number of fused-ring (bicyclic) bond motifs is 3. The van der Waals surface area contributed by atoms with Crippen molar-refractivity contribution in [2.45, 2.75) is 13.3 Å². The number of nitrogens with zero attached hydrogens (tertiary/aromatic N) is 3. The van der Waals surface area contributed by atoms with Crippen LogP contribution < -0.4 is 5.32 Å². The summed E-state index contributed by atoms with van der Waals surface area (Å²) in [7, 11) is 0. The minimum Gasteiger partial charge on any atom is -0.481 e. The maximum Gasteiger partial charge on any atom is 0.338 e. The van der Waals surface area contributed by atoms with Crippen molar-refractivity contribution in [1.82, 2.24) is 19.6 Å². The van der Waals surface area contributed by atoms with Crippen LogP contribution in [-0.2, 0) is 9.53 Å². The third-order valence-corrected chi connectivity index (χ3v) is 3.21. The number of esters is 1. The van der Waals surface area contributed by atoms with Crippen LogP contribution in [0.25, 0.3) is 16.8 Å². The number of benzene rings is 1. The molecule has 0 saturated carbocycles. The minimum absolute atomic E-state index is 0.00728. The van der Waals surface area contributed by atoms with E-state index in [2.05, 4.69) is 20.4 Å². The number of aliphatic carboxylic acids is 1. The fourth-order valence-electron chi connectivity index (χ4n) is 2.19. The normalized spacial score (nSPS) is 11.0.